The van der Waals surface area contributed by atoms with Gasteiger partial charge in [0.15, 0.2) is 0 Å². The van der Waals surface area contributed by atoms with Crippen molar-refractivity contribution in [1.82, 2.24) is 14.5 Å². The van der Waals surface area contributed by atoms with Crippen LogP contribution >= 0.6 is 15.9 Å². The maximum atomic E-state index is 12.5. The normalized spacial score (nSPS) is 16.2. The van der Waals surface area contributed by atoms with Crippen LogP contribution in [0, 0.1) is 0 Å². The lowest BCUT2D eigenvalue weighted by Crippen LogP contribution is -2.44. The second kappa shape index (κ2) is 6.18. The zero-order valence-electron chi connectivity index (χ0n) is 12.0. The first-order valence-corrected chi connectivity index (χ1v) is 8.02. The number of hydrogen-bond donors (Lipinski definition) is 1. The van der Waals surface area contributed by atoms with E-state index in [1.54, 1.807) is 17.0 Å². The maximum absolute atomic E-state index is 12.5. The molecule has 2 N–H and O–H groups in total. The molecule has 2 heterocycles. The van der Waals surface area contributed by atoms with Gasteiger partial charge in [0.2, 0.25) is 5.91 Å². The molecular weight excluding hydrogens is 348 g/mol. The molecule has 7 heteroatoms. The van der Waals surface area contributed by atoms with E-state index >= 15 is 0 Å². The lowest BCUT2D eigenvalue weighted by Gasteiger charge is -2.30. The van der Waals surface area contributed by atoms with Crippen LogP contribution in [0.3, 0.4) is 0 Å². The van der Waals surface area contributed by atoms with Gasteiger partial charge in [0.1, 0.15) is 6.54 Å². The number of carbonyl (C=O) groups excluding carboxylic acids is 1. The molecule has 116 valence electrons. The number of amides is 1. The molecule has 1 aromatic carbocycles. The molecule has 0 unspecified atom stereocenters. The van der Waals surface area contributed by atoms with Crippen LogP contribution in [0.1, 0.15) is 12.8 Å². The van der Waals surface area contributed by atoms with Gasteiger partial charge in [0.25, 0.3) is 5.56 Å². The number of nitrogens with zero attached hydrogens (tertiary/aromatic N) is 3. The minimum Gasteiger partial charge on any atom is -0.341 e. The number of fused-ring (bicyclic) bond motifs is 1. The van der Waals surface area contributed by atoms with Gasteiger partial charge < -0.3 is 10.6 Å². The van der Waals surface area contributed by atoms with Crippen molar-refractivity contribution in [1.29, 1.82) is 0 Å². The van der Waals surface area contributed by atoms with E-state index in [2.05, 4.69) is 20.9 Å². The Morgan fingerprint density at radius 1 is 1.36 bits per heavy atom. The summed E-state index contributed by atoms with van der Waals surface area (Å²) in [4.78, 5) is 30.8. The Kier molecular flexibility index (Phi) is 4.26. The quantitative estimate of drug-likeness (QED) is 0.865. The fourth-order valence-corrected chi connectivity index (χ4v) is 3.00. The van der Waals surface area contributed by atoms with Crippen LogP contribution < -0.4 is 11.3 Å². The second-order valence-electron chi connectivity index (χ2n) is 5.56. The molecule has 6 nitrogen and oxygen atoms in total. The molecule has 0 aliphatic carbocycles. The van der Waals surface area contributed by atoms with Gasteiger partial charge in [0, 0.05) is 23.6 Å². The molecule has 0 atom stereocenters. The predicted molar refractivity (Wildman–Crippen MR) is 87.5 cm³/mol. The topological polar surface area (TPSA) is 81.2 Å². The molecule has 0 saturated carbocycles. The number of halogens is 1. The molecule has 1 fully saturated rings. The Bertz CT molecular complexity index is 766. The van der Waals surface area contributed by atoms with Crippen LogP contribution in [-0.2, 0) is 11.3 Å². The number of aromatic nitrogens is 2. The highest BCUT2D eigenvalue weighted by Crippen LogP contribution is 2.15. The molecule has 3 rings (SSSR count). The summed E-state index contributed by atoms with van der Waals surface area (Å²) in [5.74, 6) is -0.0647. The van der Waals surface area contributed by atoms with E-state index in [1.807, 2.05) is 6.07 Å². The van der Waals surface area contributed by atoms with Crippen LogP contribution in [0.2, 0.25) is 0 Å². The van der Waals surface area contributed by atoms with Gasteiger partial charge in [-0.05, 0) is 31.0 Å². The summed E-state index contributed by atoms with van der Waals surface area (Å²) in [6.45, 7) is 1.33. The highest BCUT2D eigenvalue weighted by atomic mass is 79.9. The zero-order valence-corrected chi connectivity index (χ0v) is 13.6. The van der Waals surface area contributed by atoms with E-state index in [0.29, 0.717) is 24.0 Å². The number of piperidine rings is 1. The highest BCUT2D eigenvalue weighted by molar-refractivity contribution is 9.10. The highest BCUT2D eigenvalue weighted by Gasteiger charge is 2.21. The third-order valence-electron chi connectivity index (χ3n) is 3.98. The van der Waals surface area contributed by atoms with Gasteiger partial charge in [-0.2, -0.15) is 0 Å². The van der Waals surface area contributed by atoms with Crippen LogP contribution in [0.25, 0.3) is 10.9 Å². The lowest BCUT2D eigenvalue weighted by molar-refractivity contribution is -0.132. The average Bonchev–Trinajstić information content (AvgIpc) is 2.51. The Morgan fingerprint density at radius 3 is 2.82 bits per heavy atom. The molecule has 1 saturated heterocycles. The van der Waals surface area contributed by atoms with Crippen molar-refractivity contribution in [3.8, 4) is 0 Å². The Morgan fingerprint density at radius 2 is 2.09 bits per heavy atom. The van der Waals surface area contributed by atoms with Crippen molar-refractivity contribution in [2.45, 2.75) is 25.4 Å². The molecular formula is C15H17BrN4O2. The van der Waals surface area contributed by atoms with Gasteiger partial charge in [0.05, 0.1) is 17.2 Å². The molecule has 1 aliphatic rings. The standard InChI is InChI=1S/C15H17BrN4O2/c16-10-1-2-13-12(7-10)15(22)20(9-18-13)8-14(21)19-5-3-11(17)4-6-19/h1-2,7,9,11H,3-6,8,17H2. The molecule has 22 heavy (non-hydrogen) atoms. The third kappa shape index (κ3) is 3.05. The molecule has 1 aromatic heterocycles. The lowest BCUT2D eigenvalue weighted by atomic mass is 10.1. The van der Waals surface area contributed by atoms with Crippen LogP contribution in [0.5, 0.6) is 0 Å². The SMILES string of the molecule is NC1CCN(C(=O)Cn2cnc3ccc(Br)cc3c2=O)CC1. The van der Waals surface area contributed by atoms with E-state index in [9.17, 15) is 9.59 Å². The summed E-state index contributed by atoms with van der Waals surface area (Å²) in [6, 6.07) is 5.51. The molecule has 1 amide bonds. The summed E-state index contributed by atoms with van der Waals surface area (Å²) in [7, 11) is 0. The number of likely N-dealkylation sites (tertiary alicyclic amines) is 1. The summed E-state index contributed by atoms with van der Waals surface area (Å²) in [6.07, 6.45) is 3.05. The number of carbonyl (C=O) groups is 1. The molecule has 1 aliphatic heterocycles. The maximum Gasteiger partial charge on any atom is 0.261 e. The number of hydrogen-bond acceptors (Lipinski definition) is 4. The van der Waals surface area contributed by atoms with Gasteiger partial charge >= 0.3 is 0 Å². The zero-order chi connectivity index (χ0) is 15.7. The third-order valence-corrected chi connectivity index (χ3v) is 4.48. The van der Waals surface area contributed by atoms with Crippen molar-refractivity contribution in [2.24, 2.45) is 5.73 Å². The van der Waals surface area contributed by atoms with Crippen molar-refractivity contribution in [3.63, 3.8) is 0 Å². The molecule has 0 radical (unpaired) electrons. The van der Waals surface area contributed by atoms with Crippen LogP contribution in [0.4, 0.5) is 0 Å². The van der Waals surface area contributed by atoms with Gasteiger partial charge in [-0.15, -0.1) is 0 Å². The fraction of sp³-hybridized carbons (Fsp3) is 0.400. The van der Waals surface area contributed by atoms with E-state index in [0.717, 1.165) is 17.3 Å². The first kappa shape index (κ1) is 15.2. The largest absolute Gasteiger partial charge is 0.341 e. The molecule has 2 aromatic rings. The Labute approximate surface area is 136 Å². The summed E-state index contributed by atoms with van der Waals surface area (Å²) in [5, 5.41) is 0.505. The van der Waals surface area contributed by atoms with Gasteiger partial charge in [-0.1, -0.05) is 15.9 Å². The first-order chi connectivity index (χ1) is 10.5. The van der Waals surface area contributed by atoms with E-state index in [-0.39, 0.29) is 24.1 Å². The monoisotopic (exact) mass is 364 g/mol. The Balaban J connectivity index is 1.83. The fourth-order valence-electron chi connectivity index (χ4n) is 2.64. The number of rotatable bonds is 2. The van der Waals surface area contributed by atoms with E-state index < -0.39 is 0 Å². The predicted octanol–water partition coefficient (Wildman–Crippen LogP) is 1.11. The summed E-state index contributed by atoms with van der Waals surface area (Å²) in [5.41, 5.74) is 6.27. The van der Waals surface area contributed by atoms with Crippen molar-refractivity contribution < 1.29 is 4.79 Å². The van der Waals surface area contributed by atoms with E-state index in [4.69, 9.17) is 5.73 Å². The first-order valence-electron chi connectivity index (χ1n) is 7.22. The van der Waals surface area contributed by atoms with Crippen molar-refractivity contribution in [2.75, 3.05) is 13.1 Å². The number of benzene rings is 1. The van der Waals surface area contributed by atoms with Gasteiger partial charge in [-0.3, -0.25) is 14.2 Å². The second-order valence-corrected chi connectivity index (χ2v) is 6.47. The molecule has 0 bridgehead atoms. The summed E-state index contributed by atoms with van der Waals surface area (Å²) >= 11 is 3.35. The smallest absolute Gasteiger partial charge is 0.261 e. The van der Waals surface area contributed by atoms with Crippen molar-refractivity contribution >= 4 is 32.7 Å². The number of nitrogens with two attached hydrogens (primary N) is 1. The van der Waals surface area contributed by atoms with E-state index in [1.165, 1.54) is 10.9 Å². The van der Waals surface area contributed by atoms with Gasteiger partial charge in [-0.25, -0.2) is 4.98 Å². The molecule has 0 spiro atoms. The van der Waals surface area contributed by atoms with Crippen LogP contribution in [0.15, 0.2) is 33.8 Å². The Hall–Kier alpha value is -1.73. The minimum atomic E-state index is -0.201. The van der Waals surface area contributed by atoms with Crippen LogP contribution in [-0.4, -0.2) is 39.5 Å². The minimum absolute atomic E-state index is 0.0174. The summed E-state index contributed by atoms with van der Waals surface area (Å²) < 4.78 is 2.18. The van der Waals surface area contributed by atoms with Crippen molar-refractivity contribution in [3.05, 3.63) is 39.4 Å². The average molecular weight is 365 g/mol.